The quantitative estimate of drug-likeness (QED) is 0.546. The lowest BCUT2D eigenvalue weighted by molar-refractivity contribution is -0.145. The fourth-order valence-electron chi connectivity index (χ4n) is 2.44. The summed E-state index contributed by atoms with van der Waals surface area (Å²) in [5, 5.41) is 0. The maximum atomic E-state index is 11.5. The summed E-state index contributed by atoms with van der Waals surface area (Å²) in [4.78, 5) is 11.5. The molecule has 0 aromatic heterocycles. The van der Waals surface area contributed by atoms with Crippen LogP contribution in [0.2, 0.25) is 0 Å². The molecule has 0 spiro atoms. The molecule has 96 valence electrons. The lowest BCUT2D eigenvalue weighted by Gasteiger charge is -2.17. The van der Waals surface area contributed by atoms with Crippen LogP contribution in [0.3, 0.4) is 0 Å². The average Bonchev–Trinajstić information content (AvgIpc) is 2.88. The summed E-state index contributed by atoms with van der Waals surface area (Å²) in [7, 11) is 0. The average molecular weight is 238 g/mol. The van der Waals surface area contributed by atoms with E-state index >= 15 is 0 Å². The van der Waals surface area contributed by atoms with Crippen molar-refractivity contribution in [3.63, 3.8) is 0 Å². The predicted octanol–water partition coefficient (Wildman–Crippen LogP) is 2.85. The molecule has 2 rings (SSSR count). The SMILES string of the molecule is O=C(CCC1CCCO1)OCC1CC=CCC1. The molecule has 2 unspecified atom stereocenters. The van der Waals surface area contributed by atoms with E-state index in [-0.39, 0.29) is 5.97 Å². The number of rotatable bonds is 5. The first-order valence-electron chi connectivity index (χ1n) is 6.77. The highest BCUT2D eigenvalue weighted by atomic mass is 16.5. The third kappa shape index (κ3) is 4.50. The van der Waals surface area contributed by atoms with E-state index in [0.29, 0.717) is 25.0 Å². The normalized spacial score (nSPS) is 28.2. The van der Waals surface area contributed by atoms with Gasteiger partial charge in [0.05, 0.1) is 12.7 Å². The summed E-state index contributed by atoms with van der Waals surface area (Å²) in [6.45, 7) is 1.45. The van der Waals surface area contributed by atoms with Gasteiger partial charge in [-0.3, -0.25) is 4.79 Å². The maximum Gasteiger partial charge on any atom is 0.305 e. The van der Waals surface area contributed by atoms with Crippen molar-refractivity contribution in [1.82, 2.24) is 0 Å². The van der Waals surface area contributed by atoms with E-state index in [9.17, 15) is 4.79 Å². The Labute approximate surface area is 103 Å². The molecule has 17 heavy (non-hydrogen) atoms. The number of ether oxygens (including phenoxy) is 2. The molecule has 3 heteroatoms. The van der Waals surface area contributed by atoms with Crippen LogP contribution in [0.5, 0.6) is 0 Å². The zero-order valence-electron chi connectivity index (χ0n) is 10.4. The fraction of sp³-hybridized carbons (Fsp3) is 0.786. The molecule has 1 aliphatic carbocycles. The van der Waals surface area contributed by atoms with Crippen LogP contribution in [0, 0.1) is 5.92 Å². The molecule has 0 aromatic rings. The first-order chi connectivity index (χ1) is 8.34. The summed E-state index contributed by atoms with van der Waals surface area (Å²) in [6.07, 6.45) is 11.6. The lowest BCUT2D eigenvalue weighted by atomic mass is 9.95. The van der Waals surface area contributed by atoms with Crippen LogP contribution >= 0.6 is 0 Å². The molecular formula is C14H22O3. The van der Waals surface area contributed by atoms with Crippen LogP contribution in [0.15, 0.2) is 12.2 Å². The van der Waals surface area contributed by atoms with Gasteiger partial charge in [-0.15, -0.1) is 0 Å². The molecule has 1 aliphatic heterocycles. The second-order valence-electron chi connectivity index (χ2n) is 5.01. The Hall–Kier alpha value is -0.830. The Morgan fingerprint density at radius 3 is 3.00 bits per heavy atom. The van der Waals surface area contributed by atoms with Crippen molar-refractivity contribution in [2.45, 2.75) is 51.0 Å². The first-order valence-corrected chi connectivity index (χ1v) is 6.77. The summed E-state index contributed by atoms with van der Waals surface area (Å²) in [5.74, 6) is 0.474. The van der Waals surface area contributed by atoms with Crippen molar-refractivity contribution in [3.05, 3.63) is 12.2 Å². The second-order valence-corrected chi connectivity index (χ2v) is 5.01. The van der Waals surface area contributed by atoms with Crippen LogP contribution in [0.25, 0.3) is 0 Å². The molecule has 1 heterocycles. The minimum atomic E-state index is -0.0601. The van der Waals surface area contributed by atoms with Gasteiger partial charge >= 0.3 is 5.97 Å². The maximum absolute atomic E-state index is 11.5. The first kappa shape index (κ1) is 12.6. The molecule has 0 N–H and O–H groups in total. The Kier molecular flexibility index (Phi) is 5.05. The van der Waals surface area contributed by atoms with Gasteiger partial charge in [0.25, 0.3) is 0 Å². The molecule has 3 nitrogen and oxygen atoms in total. The van der Waals surface area contributed by atoms with Gasteiger partial charge in [0, 0.05) is 13.0 Å². The summed E-state index contributed by atoms with van der Waals surface area (Å²) < 4.78 is 10.8. The van der Waals surface area contributed by atoms with E-state index in [1.165, 1.54) is 0 Å². The molecule has 2 atom stereocenters. The van der Waals surface area contributed by atoms with Crippen LogP contribution in [0.1, 0.15) is 44.9 Å². The second kappa shape index (κ2) is 6.80. The fourth-order valence-corrected chi connectivity index (χ4v) is 2.44. The smallest absolute Gasteiger partial charge is 0.305 e. The van der Waals surface area contributed by atoms with E-state index in [4.69, 9.17) is 9.47 Å². The third-order valence-corrected chi connectivity index (χ3v) is 3.55. The van der Waals surface area contributed by atoms with Crippen LogP contribution < -0.4 is 0 Å². The van der Waals surface area contributed by atoms with Crippen LogP contribution in [-0.2, 0) is 14.3 Å². The van der Waals surface area contributed by atoms with Gasteiger partial charge < -0.3 is 9.47 Å². The lowest BCUT2D eigenvalue weighted by Crippen LogP contribution is -2.16. The van der Waals surface area contributed by atoms with Gasteiger partial charge in [0.15, 0.2) is 0 Å². The highest BCUT2D eigenvalue weighted by molar-refractivity contribution is 5.69. The van der Waals surface area contributed by atoms with Crippen molar-refractivity contribution < 1.29 is 14.3 Å². The Bertz CT molecular complexity index is 267. The van der Waals surface area contributed by atoms with E-state index in [1.54, 1.807) is 0 Å². The minimum Gasteiger partial charge on any atom is -0.465 e. The molecular weight excluding hydrogens is 216 g/mol. The van der Waals surface area contributed by atoms with Gasteiger partial charge in [-0.2, -0.15) is 0 Å². The van der Waals surface area contributed by atoms with Crippen LogP contribution in [-0.4, -0.2) is 25.3 Å². The van der Waals surface area contributed by atoms with E-state index < -0.39 is 0 Å². The van der Waals surface area contributed by atoms with Crippen molar-refractivity contribution in [2.24, 2.45) is 5.92 Å². The number of esters is 1. The van der Waals surface area contributed by atoms with Gasteiger partial charge in [-0.25, -0.2) is 0 Å². The van der Waals surface area contributed by atoms with Crippen molar-refractivity contribution in [3.8, 4) is 0 Å². The molecule has 0 aromatic carbocycles. The highest BCUT2D eigenvalue weighted by Crippen LogP contribution is 2.19. The summed E-state index contributed by atoms with van der Waals surface area (Å²) >= 11 is 0. The van der Waals surface area contributed by atoms with Gasteiger partial charge in [0.1, 0.15) is 0 Å². The third-order valence-electron chi connectivity index (χ3n) is 3.55. The number of hydrogen-bond donors (Lipinski definition) is 0. The molecule has 1 saturated heterocycles. The molecule has 2 aliphatic rings. The Morgan fingerprint density at radius 2 is 2.29 bits per heavy atom. The van der Waals surface area contributed by atoms with E-state index in [2.05, 4.69) is 12.2 Å². The van der Waals surface area contributed by atoms with E-state index in [1.807, 2.05) is 0 Å². The molecule has 0 saturated carbocycles. The van der Waals surface area contributed by atoms with Gasteiger partial charge in [0.2, 0.25) is 0 Å². The molecule has 0 amide bonds. The van der Waals surface area contributed by atoms with Gasteiger partial charge in [-0.05, 0) is 44.4 Å². The van der Waals surface area contributed by atoms with Crippen molar-refractivity contribution in [2.75, 3.05) is 13.2 Å². The highest BCUT2D eigenvalue weighted by Gasteiger charge is 2.18. The zero-order valence-corrected chi connectivity index (χ0v) is 10.4. The minimum absolute atomic E-state index is 0.0601. The number of hydrogen-bond acceptors (Lipinski definition) is 3. The van der Waals surface area contributed by atoms with E-state index in [0.717, 1.165) is 45.1 Å². The zero-order chi connectivity index (χ0) is 11.9. The van der Waals surface area contributed by atoms with Crippen LogP contribution in [0.4, 0.5) is 0 Å². The standard InChI is InChI=1S/C14H22O3/c15-14(9-8-13-7-4-10-16-13)17-11-12-5-2-1-3-6-12/h1-2,12-13H,3-11H2. The molecule has 0 bridgehead atoms. The molecule has 0 radical (unpaired) electrons. The van der Waals surface area contributed by atoms with Gasteiger partial charge in [-0.1, -0.05) is 12.2 Å². The summed E-state index contributed by atoms with van der Waals surface area (Å²) in [5.41, 5.74) is 0. The van der Waals surface area contributed by atoms with Crippen molar-refractivity contribution >= 4 is 5.97 Å². The monoisotopic (exact) mass is 238 g/mol. The number of allylic oxidation sites excluding steroid dienone is 2. The number of carbonyl (C=O) groups excluding carboxylic acids is 1. The number of carbonyl (C=O) groups is 1. The predicted molar refractivity (Wildman–Crippen MR) is 65.6 cm³/mol. The van der Waals surface area contributed by atoms with Crippen molar-refractivity contribution in [1.29, 1.82) is 0 Å². The Balaban J connectivity index is 1.55. The Morgan fingerprint density at radius 1 is 1.35 bits per heavy atom. The molecule has 1 fully saturated rings. The largest absolute Gasteiger partial charge is 0.465 e. The topological polar surface area (TPSA) is 35.5 Å². The summed E-state index contributed by atoms with van der Waals surface area (Å²) in [6, 6.07) is 0.